The summed E-state index contributed by atoms with van der Waals surface area (Å²) in [5.41, 5.74) is 0. The Bertz CT molecular complexity index is 262. The van der Waals surface area contributed by atoms with E-state index in [9.17, 15) is 9.59 Å². The number of ether oxygens (including phenoxy) is 2. The number of unbranched alkanes of at least 4 members (excludes halogenated alkanes) is 2. The zero-order valence-electron chi connectivity index (χ0n) is 10.2. The number of hydrogen-bond acceptors (Lipinski definition) is 4. The number of methoxy groups -OCH3 is 1. The molecule has 4 nitrogen and oxygen atoms in total. The molecular weight excluding hydrogens is 208 g/mol. The van der Waals surface area contributed by atoms with Crippen LogP contribution in [0.4, 0.5) is 0 Å². The molecule has 0 aromatic rings. The predicted molar refractivity (Wildman–Crippen MR) is 58.7 cm³/mol. The minimum absolute atomic E-state index is 0.281. The molecule has 0 radical (unpaired) electrons. The molecule has 16 heavy (non-hydrogen) atoms. The van der Waals surface area contributed by atoms with Gasteiger partial charge in [0.05, 0.1) is 13.0 Å². The lowest BCUT2D eigenvalue weighted by molar-refractivity contribution is -0.148. The Kier molecular flexibility index (Phi) is 4.77. The third-order valence-electron chi connectivity index (χ3n) is 3.14. The van der Waals surface area contributed by atoms with Gasteiger partial charge in [0, 0.05) is 0 Å². The van der Waals surface area contributed by atoms with Crippen LogP contribution in [0.1, 0.15) is 39.5 Å². The minimum atomic E-state index is -0.422. The van der Waals surface area contributed by atoms with Crippen molar-refractivity contribution in [3.63, 3.8) is 0 Å². The molecule has 0 bridgehead atoms. The van der Waals surface area contributed by atoms with Crippen molar-refractivity contribution in [3.8, 4) is 0 Å². The average Bonchev–Trinajstić information content (AvgIpc) is 2.55. The van der Waals surface area contributed by atoms with E-state index in [0.29, 0.717) is 0 Å². The van der Waals surface area contributed by atoms with Crippen LogP contribution < -0.4 is 0 Å². The maximum Gasteiger partial charge on any atom is 0.313 e. The molecule has 3 atom stereocenters. The maximum atomic E-state index is 11.6. The molecule has 0 aromatic carbocycles. The molecule has 0 spiro atoms. The van der Waals surface area contributed by atoms with E-state index in [1.54, 1.807) is 6.92 Å². The monoisotopic (exact) mass is 228 g/mol. The lowest BCUT2D eigenvalue weighted by atomic mass is 9.89. The van der Waals surface area contributed by atoms with Gasteiger partial charge in [-0.25, -0.2) is 0 Å². The summed E-state index contributed by atoms with van der Waals surface area (Å²) in [6.07, 6.45) is 3.65. The van der Waals surface area contributed by atoms with Gasteiger partial charge in [0.1, 0.15) is 12.0 Å². The van der Waals surface area contributed by atoms with Crippen LogP contribution in [-0.2, 0) is 19.1 Å². The number of cyclic esters (lactones) is 1. The second-order valence-corrected chi connectivity index (χ2v) is 4.31. The SMILES string of the molecule is CCCCC[C@@H]1OC(=O)[C@@H](C)[C@@H]1C(=O)OC. The Labute approximate surface area is 96.3 Å². The Balaban J connectivity index is 2.60. The third kappa shape index (κ3) is 2.74. The van der Waals surface area contributed by atoms with Gasteiger partial charge in [-0.05, 0) is 12.8 Å². The largest absolute Gasteiger partial charge is 0.469 e. The lowest BCUT2D eigenvalue weighted by Gasteiger charge is -2.16. The molecule has 1 saturated heterocycles. The van der Waals surface area contributed by atoms with Crippen molar-refractivity contribution in [1.29, 1.82) is 0 Å². The molecule has 1 rings (SSSR count). The smallest absolute Gasteiger partial charge is 0.313 e. The van der Waals surface area contributed by atoms with Gasteiger partial charge in [0.25, 0.3) is 0 Å². The Morgan fingerprint density at radius 2 is 2.12 bits per heavy atom. The van der Waals surface area contributed by atoms with Crippen molar-refractivity contribution in [2.24, 2.45) is 11.8 Å². The van der Waals surface area contributed by atoms with Crippen molar-refractivity contribution in [2.45, 2.75) is 45.6 Å². The summed E-state index contributed by atoms with van der Waals surface area (Å²) in [5.74, 6) is -1.41. The summed E-state index contributed by atoms with van der Waals surface area (Å²) in [6.45, 7) is 3.84. The Hall–Kier alpha value is -1.06. The first-order valence-corrected chi connectivity index (χ1v) is 5.90. The molecule has 1 aliphatic heterocycles. The summed E-state index contributed by atoms with van der Waals surface area (Å²) in [7, 11) is 1.35. The summed E-state index contributed by atoms with van der Waals surface area (Å²) in [5, 5.41) is 0. The average molecular weight is 228 g/mol. The molecule has 92 valence electrons. The fourth-order valence-electron chi connectivity index (χ4n) is 2.12. The molecule has 1 fully saturated rings. The van der Waals surface area contributed by atoms with Crippen molar-refractivity contribution in [1.82, 2.24) is 0 Å². The van der Waals surface area contributed by atoms with Crippen molar-refractivity contribution in [3.05, 3.63) is 0 Å². The number of hydrogen-bond donors (Lipinski definition) is 0. The van der Waals surface area contributed by atoms with Gasteiger partial charge in [-0.3, -0.25) is 9.59 Å². The Morgan fingerprint density at radius 1 is 1.44 bits per heavy atom. The van der Waals surface area contributed by atoms with Crippen LogP contribution in [0, 0.1) is 11.8 Å². The topological polar surface area (TPSA) is 52.6 Å². The first-order valence-electron chi connectivity index (χ1n) is 5.90. The van der Waals surface area contributed by atoms with Crippen LogP contribution in [0.3, 0.4) is 0 Å². The second-order valence-electron chi connectivity index (χ2n) is 4.31. The molecule has 0 saturated carbocycles. The molecular formula is C12H20O4. The molecule has 1 heterocycles. The van der Waals surface area contributed by atoms with Gasteiger partial charge < -0.3 is 9.47 Å². The van der Waals surface area contributed by atoms with Gasteiger partial charge in [-0.15, -0.1) is 0 Å². The first kappa shape index (κ1) is 13.0. The van der Waals surface area contributed by atoms with Gasteiger partial charge in [-0.2, -0.15) is 0 Å². The number of carbonyl (C=O) groups excluding carboxylic acids is 2. The highest BCUT2D eigenvalue weighted by Gasteiger charge is 2.46. The van der Waals surface area contributed by atoms with Crippen molar-refractivity contribution >= 4 is 11.9 Å². The van der Waals surface area contributed by atoms with Crippen LogP contribution in [0.2, 0.25) is 0 Å². The van der Waals surface area contributed by atoms with E-state index >= 15 is 0 Å². The van der Waals surface area contributed by atoms with Crippen molar-refractivity contribution < 1.29 is 19.1 Å². The summed E-state index contributed by atoms with van der Waals surface area (Å²) >= 11 is 0. The van der Waals surface area contributed by atoms with E-state index in [-0.39, 0.29) is 24.0 Å². The molecule has 0 N–H and O–H groups in total. The quantitative estimate of drug-likeness (QED) is 0.533. The standard InChI is InChI=1S/C12H20O4/c1-4-5-6-7-9-10(12(14)15-3)8(2)11(13)16-9/h8-10H,4-7H2,1-3H3/t8-,9-,10-/m0/s1. The fourth-order valence-corrected chi connectivity index (χ4v) is 2.12. The number of esters is 2. The van der Waals surface area contributed by atoms with Gasteiger partial charge in [0.2, 0.25) is 0 Å². The third-order valence-corrected chi connectivity index (χ3v) is 3.14. The molecule has 0 unspecified atom stereocenters. The normalized spacial score (nSPS) is 28.9. The molecule has 0 aromatic heterocycles. The van der Waals surface area contributed by atoms with Crippen LogP contribution in [0.25, 0.3) is 0 Å². The van der Waals surface area contributed by atoms with Gasteiger partial charge in [-0.1, -0.05) is 26.7 Å². The van der Waals surface area contributed by atoms with E-state index in [1.807, 2.05) is 0 Å². The van der Waals surface area contributed by atoms with Crippen LogP contribution in [-0.4, -0.2) is 25.2 Å². The van der Waals surface area contributed by atoms with Crippen LogP contribution in [0.15, 0.2) is 0 Å². The highest BCUT2D eigenvalue weighted by molar-refractivity contribution is 5.85. The number of carbonyl (C=O) groups is 2. The Morgan fingerprint density at radius 3 is 2.69 bits per heavy atom. The zero-order valence-corrected chi connectivity index (χ0v) is 10.2. The van der Waals surface area contributed by atoms with Gasteiger partial charge >= 0.3 is 11.9 Å². The maximum absolute atomic E-state index is 11.6. The van der Waals surface area contributed by atoms with Crippen LogP contribution >= 0.6 is 0 Å². The van der Waals surface area contributed by atoms with E-state index in [4.69, 9.17) is 9.47 Å². The summed E-state index contributed by atoms with van der Waals surface area (Å²) in [4.78, 5) is 23.0. The van der Waals surface area contributed by atoms with E-state index in [1.165, 1.54) is 7.11 Å². The fraction of sp³-hybridized carbons (Fsp3) is 0.833. The first-order chi connectivity index (χ1) is 7.61. The van der Waals surface area contributed by atoms with Crippen molar-refractivity contribution in [2.75, 3.05) is 7.11 Å². The van der Waals surface area contributed by atoms with E-state index in [0.717, 1.165) is 25.7 Å². The highest BCUT2D eigenvalue weighted by Crippen LogP contribution is 2.32. The molecule has 0 amide bonds. The second kappa shape index (κ2) is 5.87. The molecule has 4 heteroatoms. The predicted octanol–water partition coefficient (Wildman–Crippen LogP) is 1.92. The minimum Gasteiger partial charge on any atom is -0.469 e. The zero-order chi connectivity index (χ0) is 12.1. The molecule has 1 aliphatic rings. The summed E-state index contributed by atoms with van der Waals surface area (Å²) in [6, 6.07) is 0. The molecule has 0 aliphatic carbocycles. The van der Waals surface area contributed by atoms with Gasteiger partial charge in [0.15, 0.2) is 0 Å². The summed E-state index contributed by atoms with van der Waals surface area (Å²) < 4.78 is 9.93. The van der Waals surface area contributed by atoms with Crippen LogP contribution in [0.5, 0.6) is 0 Å². The lowest BCUT2D eigenvalue weighted by Crippen LogP contribution is -2.29. The number of rotatable bonds is 5. The van der Waals surface area contributed by atoms with E-state index in [2.05, 4.69) is 6.92 Å². The highest BCUT2D eigenvalue weighted by atomic mass is 16.6. The van der Waals surface area contributed by atoms with E-state index < -0.39 is 5.92 Å².